The number of amides is 1. The number of carbonyl (C=O) groups is 1. The first-order chi connectivity index (χ1) is 13.5. The molecule has 1 amide bonds. The summed E-state index contributed by atoms with van der Waals surface area (Å²) < 4.78 is 0. The highest BCUT2D eigenvalue weighted by atomic mass is 16.2. The maximum absolute atomic E-state index is 12.0. The molecule has 0 aliphatic carbocycles. The lowest BCUT2D eigenvalue weighted by molar-refractivity contribution is -0.127. The van der Waals surface area contributed by atoms with Gasteiger partial charge >= 0.3 is 0 Å². The van der Waals surface area contributed by atoms with Gasteiger partial charge in [-0.15, -0.1) is 0 Å². The predicted octanol–water partition coefficient (Wildman–Crippen LogP) is 1.36. The first-order valence-electron chi connectivity index (χ1n) is 11.2. The van der Waals surface area contributed by atoms with Crippen LogP contribution in [0.5, 0.6) is 0 Å². The fourth-order valence-electron chi connectivity index (χ4n) is 4.07. The molecule has 2 rings (SSSR count). The van der Waals surface area contributed by atoms with E-state index in [1.165, 1.54) is 38.8 Å². The van der Waals surface area contributed by atoms with Crippen molar-refractivity contribution < 1.29 is 4.79 Å². The summed E-state index contributed by atoms with van der Waals surface area (Å²) in [7, 11) is 3.56. The van der Waals surface area contributed by atoms with Crippen molar-refractivity contribution in [1.82, 2.24) is 25.3 Å². The quantitative estimate of drug-likeness (QED) is 0.457. The molecule has 0 bridgehead atoms. The first-order valence-corrected chi connectivity index (χ1v) is 11.2. The Hall–Kier alpha value is -1.34. The third-order valence-corrected chi connectivity index (χ3v) is 6.04. The minimum Gasteiger partial charge on any atom is -0.355 e. The molecule has 2 fully saturated rings. The fraction of sp³-hybridized carbons (Fsp3) is 0.905. The van der Waals surface area contributed by atoms with Crippen LogP contribution in [0.3, 0.4) is 0 Å². The van der Waals surface area contributed by atoms with E-state index in [0.717, 1.165) is 45.0 Å². The molecule has 0 aromatic heterocycles. The summed E-state index contributed by atoms with van der Waals surface area (Å²) in [5.74, 6) is 0.830. The summed E-state index contributed by atoms with van der Waals surface area (Å²) in [6, 6.07) is 1.00. The zero-order valence-electron chi connectivity index (χ0n) is 18.5. The van der Waals surface area contributed by atoms with E-state index in [0.29, 0.717) is 12.1 Å². The molecule has 0 aromatic rings. The largest absolute Gasteiger partial charge is 0.355 e. The molecule has 0 aromatic carbocycles. The Kier molecular flexibility index (Phi) is 10.1. The third-order valence-electron chi connectivity index (χ3n) is 6.04. The topological polar surface area (TPSA) is 63.2 Å². The molecule has 28 heavy (non-hydrogen) atoms. The van der Waals surface area contributed by atoms with E-state index >= 15 is 0 Å². The van der Waals surface area contributed by atoms with Crippen LogP contribution >= 0.6 is 0 Å². The molecule has 7 heteroatoms. The van der Waals surface area contributed by atoms with Gasteiger partial charge in [-0.25, -0.2) is 4.99 Å². The summed E-state index contributed by atoms with van der Waals surface area (Å²) in [4.78, 5) is 23.3. The van der Waals surface area contributed by atoms with Gasteiger partial charge in [-0.3, -0.25) is 9.69 Å². The van der Waals surface area contributed by atoms with E-state index in [9.17, 15) is 4.79 Å². The van der Waals surface area contributed by atoms with Crippen molar-refractivity contribution in [3.8, 4) is 0 Å². The number of nitrogens with zero attached hydrogens (tertiary/aromatic N) is 4. The van der Waals surface area contributed by atoms with Gasteiger partial charge in [0.1, 0.15) is 6.54 Å². The van der Waals surface area contributed by atoms with Crippen molar-refractivity contribution >= 4 is 11.9 Å². The Morgan fingerprint density at radius 3 is 2.54 bits per heavy atom. The summed E-state index contributed by atoms with van der Waals surface area (Å²) in [5.41, 5.74) is 0. The Balaban J connectivity index is 1.87. The van der Waals surface area contributed by atoms with Crippen LogP contribution in [0.15, 0.2) is 4.99 Å². The first kappa shape index (κ1) is 22.9. The second kappa shape index (κ2) is 12.3. The number of piperidine rings is 1. The number of hydrogen-bond acceptors (Lipinski definition) is 4. The Labute approximate surface area is 171 Å². The molecular formula is C21H42N6O. The lowest BCUT2D eigenvalue weighted by Gasteiger charge is -2.33. The Bertz CT molecular complexity index is 487. The van der Waals surface area contributed by atoms with E-state index in [4.69, 9.17) is 0 Å². The van der Waals surface area contributed by atoms with Gasteiger partial charge in [-0.1, -0.05) is 20.3 Å². The number of carbonyl (C=O) groups excluding carboxylic acids is 1. The summed E-state index contributed by atoms with van der Waals surface area (Å²) in [6.07, 6.45) is 7.33. The van der Waals surface area contributed by atoms with Crippen LogP contribution in [-0.4, -0.2) is 98.6 Å². The van der Waals surface area contributed by atoms with Gasteiger partial charge in [-0.2, -0.15) is 0 Å². The Morgan fingerprint density at radius 2 is 1.89 bits per heavy atom. The molecular weight excluding hydrogens is 352 g/mol. The van der Waals surface area contributed by atoms with E-state index in [1.54, 1.807) is 19.0 Å². The van der Waals surface area contributed by atoms with Crippen molar-refractivity contribution in [2.75, 3.05) is 59.9 Å². The number of guanidine groups is 1. The smallest absolute Gasteiger partial charge is 0.243 e. The molecule has 1 atom stereocenters. The zero-order chi connectivity index (χ0) is 20.4. The normalized spacial score (nSPS) is 22.4. The molecule has 0 spiro atoms. The lowest BCUT2D eigenvalue weighted by Crippen LogP contribution is -2.51. The molecule has 1 unspecified atom stereocenters. The lowest BCUT2D eigenvalue weighted by atomic mass is 10.0. The standard InChI is InChI=1S/C21H42N6O/c1-5-7-12-26-14-10-18(11-15-26)24-21(23-17-20(28)25(3)4)22-16-19-9-8-13-27(19)6-2/h18-19H,5-17H2,1-4H3,(H2,22,23,24). The molecule has 2 N–H and O–H groups in total. The van der Waals surface area contributed by atoms with Crippen LogP contribution in [0.1, 0.15) is 52.4 Å². The third kappa shape index (κ3) is 7.59. The summed E-state index contributed by atoms with van der Waals surface area (Å²) in [5, 5.41) is 7.13. The van der Waals surface area contributed by atoms with Gasteiger partial charge in [0.2, 0.25) is 5.91 Å². The molecule has 2 saturated heterocycles. The van der Waals surface area contributed by atoms with Gasteiger partial charge in [0, 0.05) is 45.8 Å². The van der Waals surface area contributed by atoms with Crippen molar-refractivity contribution in [3.05, 3.63) is 0 Å². The number of likely N-dealkylation sites (tertiary alicyclic amines) is 2. The molecule has 162 valence electrons. The average molecular weight is 395 g/mol. The number of nitrogens with one attached hydrogen (secondary N) is 2. The molecule has 2 heterocycles. The highest BCUT2D eigenvalue weighted by molar-refractivity contribution is 5.85. The van der Waals surface area contributed by atoms with E-state index in [2.05, 4.69) is 39.3 Å². The fourth-order valence-corrected chi connectivity index (χ4v) is 4.07. The van der Waals surface area contributed by atoms with Gasteiger partial charge in [-0.05, 0) is 51.7 Å². The van der Waals surface area contributed by atoms with Gasteiger partial charge in [0.15, 0.2) is 5.96 Å². The highest BCUT2D eigenvalue weighted by Gasteiger charge is 2.24. The second-order valence-corrected chi connectivity index (χ2v) is 8.37. The minimum atomic E-state index is 0.0338. The van der Waals surface area contributed by atoms with E-state index in [1.807, 2.05) is 0 Å². The van der Waals surface area contributed by atoms with Crippen LogP contribution in [0.2, 0.25) is 0 Å². The number of likely N-dealkylation sites (N-methyl/N-ethyl adjacent to an activating group) is 2. The van der Waals surface area contributed by atoms with Crippen molar-refractivity contribution in [2.45, 2.75) is 64.5 Å². The number of aliphatic imine (C=N–C) groups is 1. The Morgan fingerprint density at radius 1 is 1.14 bits per heavy atom. The van der Waals surface area contributed by atoms with Crippen molar-refractivity contribution in [2.24, 2.45) is 4.99 Å². The SMILES string of the molecule is CCCCN1CCC(NC(=NCC(=O)N(C)C)NCC2CCCN2CC)CC1. The molecule has 7 nitrogen and oxygen atoms in total. The van der Waals surface area contributed by atoms with Crippen LogP contribution in [0, 0.1) is 0 Å². The van der Waals surface area contributed by atoms with Gasteiger partial charge in [0.05, 0.1) is 0 Å². The molecule has 2 aliphatic rings. The van der Waals surface area contributed by atoms with Gasteiger partial charge < -0.3 is 20.4 Å². The molecule has 0 radical (unpaired) electrons. The summed E-state index contributed by atoms with van der Waals surface area (Å²) >= 11 is 0. The average Bonchev–Trinajstić information content (AvgIpc) is 3.16. The van der Waals surface area contributed by atoms with E-state index in [-0.39, 0.29) is 12.5 Å². The molecule has 0 saturated carbocycles. The van der Waals surface area contributed by atoms with Crippen LogP contribution in [-0.2, 0) is 4.79 Å². The maximum Gasteiger partial charge on any atom is 0.243 e. The number of rotatable bonds is 9. The van der Waals surface area contributed by atoms with Crippen LogP contribution in [0.4, 0.5) is 0 Å². The minimum absolute atomic E-state index is 0.0338. The van der Waals surface area contributed by atoms with Crippen LogP contribution in [0.25, 0.3) is 0 Å². The van der Waals surface area contributed by atoms with E-state index < -0.39 is 0 Å². The molecule has 2 aliphatic heterocycles. The van der Waals surface area contributed by atoms with Crippen molar-refractivity contribution in [3.63, 3.8) is 0 Å². The monoisotopic (exact) mass is 394 g/mol. The maximum atomic E-state index is 12.0. The number of unbranched alkanes of at least 4 members (excludes halogenated alkanes) is 1. The zero-order valence-corrected chi connectivity index (χ0v) is 18.5. The summed E-state index contributed by atoms with van der Waals surface area (Å²) in [6.45, 7) is 11.4. The van der Waals surface area contributed by atoms with Gasteiger partial charge in [0.25, 0.3) is 0 Å². The predicted molar refractivity (Wildman–Crippen MR) is 117 cm³/mol. The highest BCUT2D eigenvalue weighted by Crippen LogP contribution is 2.15. The second-order valence-electron chi connectivity index (χ2n) is 8.37. The van der Waals surface area contributed by atoms with Crippen LogP contribution < -0.4 is 10.6 Å². The number of hydrogen-bond donors (Lipinski definition) is 2. The van der Waals surface area contributed by atoms with Crippen molar-refractivity contribution in [1.29, 1.82) is 0 Å².